The molecular weight excluding hydrogens is 777 g/mol. The third kappa shape index (κ3) is 5.85. The zero-order valence-corrected chi connectivity index (χ0v) is 35.6. The molecule has 2 aromatic heterocycles. The van der Waals surface area contributed by atoms with Gasteiger partial charge in [0.15, 0.2) is 8.07 Å². The smallest absolute Gasteiger partial charge is 0.180 e. The molecule has 12 rings (SSSR count). The molecule has 0 spiro atoms. The summed E-state index contributed by atoms with van der Waals surface area (Å²) in [4.78, 5) is 0. The standard InChI is InChI=1S/C60H42N2Si/c1-6-22-43(23-7-1)45-26-20-27-47(40-45)61-54-37-18-16-34-51(54)52-36-21-39-56(60(52)61)62-55-38-19-17-35-53(55)59-57(62)41-46(44-24-8-2-9-25-44)42-58(59)63(48-28-10-3-11-29-48,49-30-12-4-13-31-49)50-32-14-5-15-33-50/h1-42H. The van der Waals surface area contributed by atoms with Crippen molar-refractivity contribution in [2.75, 3.05) is 0 Å². The molecule has 0 N–H and O–H groups in total. The minimum atomic E-state index is -3.03. The molecule has 2 heterocycles. The fourth-order valence-electron chi connectivity index (χ4n) is 10.4. The summed E-state index contributed by atoms with van der Waals surface area (Å²) in [6.07, 6.45) is 0. The van der Waals surface area contributed by atoms with Crippen LogP contribution in [-0.2, 0) is 0 Å². The van der Waals surface area contributed by atoms with Crippen LogP contribution in [0.25, 0.3) is 77.2 Å². The highest BCUT2D eigenvalue weighted by Gasteiger charge is 2.43. The molecule has 12 aromatic rings. The molecule has 0 aliphatic rings. The van der Waals surface area contributed by atoms with Gasteiger partial charge in [0.1, 0.15) is 0 Å². The second-order valence-electron chi connectivity index (χ2n) is 16.4. The Labute approximate surface area is 368 Å². The van der Waals surface area contributed by atoms with Gasteiger partial charge in [-0.05, 0) is 79.4 Å². The van der Waals surface area contributed by atoms with Gasteiger partial charge in [0, 0.05) is 27.2 Å². The maximum atomic E-state index is 2.57. The highest BCUT2D eigenvalue weighted by atomic mass is 28.3. The van der Waals surface area contributed by atoms with E-state index in [-0.39, 0.29) is 0 Å². The first-order valence-electron chi connectivity index (χ1n) is 21.8. The van der Waals surface area contributed by atoms with Crippen molar-refractivity contribution < 1.29 is 0 Å². The third-order valence-corrected chi connectivity index (χ3v) is 17.8. The number of benzene rings is 10. The van der Waals surface area contributed by atoms with E-state index in [4.69, 9.17) is 0 Å². The minimum Gasteiger partial charge on any atom is -0.307 e. The molecule has 10 aromatic carbocycles. The Hall–Kier alpha value is -7.98. The summed E-state index contributed by atoms with van der Waals surface area (Å²) in [5.41, 5.74) is 11.8. The normalized spacial score (nSPS) is 11.8. The minimum absolute atomic E-state index is 1.13. The van der Waals surface area contributed by atoms with Crippen molar-refractivity contribution in [2.24, 2.45) is 0 Å². The van der Waals surface area contributed by atoms with Crippen LogP contribution in [-0.4, -0.2) is 17.2 Å². The summed E-state index contributed by atoms with van der Waals surface area (Å²) in [5.74, 6) is 0. The summed E-state index contributed by atoms with van der Waals surface area (Å²) in [7, 11) is -3.03. The van der Waals surface area contributed by atoms with Gasteiger partial charge < -0.3 is 9.13 Å². The summed E-state index contributed by atoms with van der Waals surface area (Å²) in [6, 6.07) is 94.5. The first-order valence-corrected chi connectivity index (χ1v) is 23.8. The lowest BCUT2D eigenvalue weighted by Crippen LogP contribution is -2.74. The van der Waals surface area contributed by atoms with Crippen molar-refractivity contribution in [2.45, 2.75) is 0 Å². The lowest BCUT2D eigenvalue weighted by Gasteiger charge is -2.35. The van der Waals surface area contributed by atoms with Gasteiger partial charge in [0.25, 0.3) is 0 Å². The largest absolute Gasteiger partial charge is 0.307 e. The molecule has 2 nitrogen and oxygen atoms in total. The Morgan fingerprint density at radius 2 is 0.746 bits per heavy atom. The highest BCUT2D eigenvalue weighted by molar-refractivity contribution is 7.20. The molecule has 0 bridgehead atoms. The summed E-state index contributed by atoms with van der Waals surface area (Å²) < 4.78 is 5.06. The van der Waals surface area contributed by atoms with Crippen LogP contribution in [0.5, 0.6) is 0 Å². The first-order chi connectivity index (χ1) is 31.3. The van der Waals surface area contributed by atoms with Crippen LogP contribution in [0.3, 0.4) is 0 Å². The van der Waals surface area contributed by atoms with E-state index in [0.717, 1.165) is 11.4 Å². The van der Waals surface area contributed by atoms with Crippen molar-refractivity contribution in [3.63, 3.8) is 0 Å². The molecule has 0 amide bonds. The van der Waals surface area contributed by atoms with Gasteiger partial charge in [-0.25, -0.2) is 0 Å². The van der Waals surface area contributed by atoms with Gasteiger partial charge in [-0.15, -0.1) is 0 Å². The van der Waals surface area contributed by atoms with Crippen molar-refractivity contribution in [1.82, 2.24) is 9.13 Å². The molecule has 0 atom stereocenters. The molecule has 0 saturated carbocycles. The Kier molecular flexibility index (Phi) is 8.87. The topological polar surface area (TPSA) is 9.86 Å². The average Bonchev–Trinajstić information content (AvgIpc) is 3.89. The fourth-order valence-corrected chi connectivity index (χ4v) is 15.4. The number of rotatable bonds is 8. The van der Waals surface area contributed by atoms with Crippen LogP contribution >= 0.6 is 0 Å². The molecule has 0 unspecified atom stereocenters. The number of hydrogen-bond acceptors (Lipinski definition) is 0. The van der Waals surface area contributed by atoms with E-state index in [1.165, 1.54) is 86.6 Å². The number of aromatic nitrogens is 2. The van der Waals surface area contributed by atoms with E-state index >= 15 is 0 Å². The zero-order valence-electron chi connectivity index (χ0n) is 34.6. The van der Waals surface area contributed by atoms with E-state index < -0.39 is 8.07 Å². The molecule has 296 valence electrons. The van der Waals surface area contributed by atoms with Gasteiger partial charge in [0.05, 0.1) is 27.8 Å². The molecule has 3 heteroatoms. The highest BCUT2D eigenvalue weighted by Crippen LogP contribution is 2.41. The zero-order chi connectivity index (χ0) is 41.7. The van der Waals surface area contributed by atoms with Crippen LogP contribution in [0.2, 0.25) is 0 Å². The summed E-state index contributed by atoms with van der Waals surface area (Å²) in [5, 5.41) is 10.4. The molecule has 0 saturated heterocycles. The predicted molar refractivity (Wildman–Crippen MR) is 270 cm³/mol. The van der Waals surface area contributed by atoms with Crippen LogP contribution < -0.4 is 20.7 Å². The Morgan fingerprint density at radius 3 is 1.35 bits per heavy atom. The number of nitrogens with zero attached hydrogens (tertiary/aromatic N) is 2. The van der Waals surface area contributed by atoms with E-state index in [1.54, 1.807) is 0 Å². The van der Waals surface area contributed by atoms with E-state index in [0.29, 0.717) is 0 Å². The van der Waals surface area contributed by atoms with E-state index in [2.05, 4.69) is 264 Å². The second kappa shape index (κ2) is 15.2. The van der Waals surface area contributed by atoms with Gasteiger partial charge in [0.2, 0.25) is 0 Å². The van der Waals surface area contributed by atoms with Gasteiger partial charge in [-0.1, -0.05) is 218 Å². The lowest BCUT2D eigenvalue weighted by atomic mass is 10.0. The van der Waals surface area contributed by atoms with Crippen molar-refractivity contribution in [1.29, 1.82) is 0 Å². The quantitative estimate of drug-likeness (QED) is 0.107. The van der Waals surface area contributed by atoms with Crippen LogP contribution in [0.15, 0.2) is 255 Å². The Balaban J connectivity index is 1.27. The monoisotopic (exact) mass is 818 g/mol. The maximum absolute atomic E-state index is 3.03. The van der Waals surface area contributed by atoms with Crippen LogP contribution in [0.4, 0.5) is 0 Å². The molecule has 0 fully saturated rings. The molecule has 0 radical (unpaired) electrons. The fraction of sp³-hybridized carbons (Fsp3) is 0. The van der Waals surface area contributed by atoms with Crippen molar-refractivity contribution in [3.05, 3.63) is 255 Å². The molecule has 0 aliphatic carbocycles. The SMILES string of the molecule is c1ccc(-c2cccc(-n3c4ccccc4c4cccc(-n5c6ccccc6c6c([Si](c7ccccc7)(c7ccccc7)c7ccccc7)cc(-c7ccccc7)cc65)c43)c2)cc1. The number of para-hydroxylation sites is 3. The molecule has 0 aliphatic heterocycles. The average molecular weight is 819 g/mol. The Bertz CT molecular complexity index is 3500. The van der Waals surface area contributed by atoms with Gasteiger partial charge in [-0.2, -0.15) is 0 Å². The first kappa shape index (κ1) is 36.8. The van der Waals surface area contributed by atoms with Gasteiger partial charge >= 0.3 is 0 Å². The summed E-state index contributed by atoms with van der Waals surface area (Å²) >= 11 is 0. The Morgan fingerprint density at radius 1 is 0.286 bits per heavy atom. The van der Waals surface area contributed by atoms with Gasteiger partial charge in [-0.3, -0.25) is 0 Å². The summed E-state index contributed by atoms with van der Waals surface area (Å²) in [6.45, 7) is 0. The molecule has 63 heavy (non-hydrogen) atoms. The third-order valence-electron chi connectivity index (χ3n) is 13.0. The van der Waals surface area contributed by atoms with Crippen LogP contribution in [0, 0.1) is 0 Å². The van der Waals surface area contributed by atoms with E-state index in [9.17, 15) is 0 Å². The predicted octanol–water partition coefficient (Wildman–Crippen LogP) is 12.6. The van der Waals surface area contributed by atoms with Crippen molar-refractivity contribution >= 4 is 72.4 Å². The number of fused-ring (bicyclic) bond motifs is 6. The maximum Gasteiger partial charge on any atom is 0.180 e. The second-order valence-corrected chi connectivity index (χ2v) is 20.2. The van der Waals surface area contributed by atoms with E-state index in [1.807, 2.05) is 0 Å². The van der Waals surface area contributed by atoms with Crippen LogP contribution in [0.1, 0.15) is 0 Å². The lowest BCUT2D eigenvalue weighted by molar-refractivity contribution is 1.13. The van der Waals surface area contributed by atoms with Crippen molar-refractivity contribution in [3.8, 4) is 33.6 Å². The number of hydrogen-bond donors (Lipinski definition) is 0. The molecular formula is C60H42N2Si.